The normalized spacial score (nSPS) is 10.9. The molecule has 0 unspecified atom stereocenters. The summed E-state index contributed by atoms with van der Waals surface area (Å²) in [7, 11) is 0. The minimum atomic E-state index is 0.830. The molecule has 166 valence electrons. The summed E-state index contributed by atoms with van der Waals surface area (Å²) in [4.78, 5) is 0. The molecule has 5 aromatic carbocycles. The molecule has 0 bridgehead atoms. The molecule has 0 fully saturated rings. The fourth-order valence-corrected chi connectivity index (χ4v) is 4.72. The van der Waals surface area contributed by atoms with Gasteiger partial charge in [-0.3, -0.25) is 0 Å². The Bertz CT molecular complexity index is 1800. The van der Waals surface area contributed by atoms with Crippen LogP contribution >= 0.6 is 0 Å². The first-order valence-corrected chi connectivity index (χ1v) is 11.8. The van der Waals surface area contributed by atoms with Crippen molar-refractivity contribution >= 4 is 43.5 Å². The van der Waals surface area contributed by atoms with Gasteiger partial charge < -0.3 is 8.83 Å². The SMILES string of the molecule is C(#Cc1c2cc3ccoc3cc2c(C#Cc2ccccc2)c2cc3ccoc3cc12)c1ccccc1. The number of furan rings is 2. The Morgan fingerprint density at radius 1 is 0.417 bits per heavy atom. The number of fused-ring (bicyclic) bond motifs is 4. The lowest BCUT2D eigenvalue weighted by Crippen LogP contribution is -1.91. The van der Waals surface area contributed by atoms with Gasteiger partial charge in [0.05, 0.1) is 12.5 Å². The highest BCUT2D eigenvalue weighted by atomic mass is 16.3. The highest BCUT2D eigenvalue weighted by Crippen LogP contribution is 2.37. The van der Waals surface area contributed by atoms with Gasteiger partial charge in [-0.25, -0.2) is 0 Å². The smallest absolute Gasteiger partial charge is 0.134 e. The minimum absolute atomic E-state index is 0.830. The maximum atomic E-state index is 5.78. The quantitative estimate of drug-likeness (QED) is 0.169. The van der Waals surface area contributed by atoms with E-state index in [1.54, 1.807) is 12.5 Å². The van der Waals surface area contributed by atoms with Crippen molar-refractivity contribution in [2.75, 3.05) is 0 Å². The van der Waals surface area contributed by atoms with Crippen LogP contribution in [0.1, 0.15) is 22.3 Å². The van der Waals surface area contributed by atoms with Gasteiger partial charge in [0.25, 0.3) is 0 Å². The third-order valence-electron chi connectivity index (χ3n) is 6.47. The first kappa shape index (κ1) is 20.2. The highest BCUT2D eigenvalue weighted by molar-refractivity contribution is 6.15. The van der Waals surface area contributed by atoms with E-state index in [1.807, 2.05) is 72.8 Å². The Kier molecular flexibility index (Phi) is 4.63. The Labute approximate surface area is 207 Å². The summed E-state index contributed by atoms with van der Waals surface area (Å²) in [6.45, 7) is 0. The molecular formula is C34H18O2. The van der Waals surface area contributed by atoms with Gasteiger partial charge in [0.15, 0.2) is 0 Å². The minimum Gasteiger partial charge on any atom is -0.464 e. The predicted octanol–water partition coefficient (Wildman–Crippen LogP) is 8.29. The summed E-state index contributed by atoms with van der Waals surface area (Å²) in [6, 6.07) is 32.6. The van der Waals surface area contributed by atoms with Crippen LogP contribution in [0.15, 0.2) is 118 Å². The van der Waals surface area contributed by atoms with E-state index in [1.165, 1.54) is 0 Å². The van der Waals surface area contributed by atoms with Crippen LogP contribution in [0.2, 0.25) is 0 Å². The lowest BCUT2D eigenvalue weighted by molar-refractivity contribution is 0.616. The number of hydrogen-bond donors (Lipinski definition) is 0. The third kappa shape index (κ3) is 3.41. The van der Waals surface area contributed by atoms with Crippen molar-refractivity contribution in [2.24, 2.45) is 0 Å². The molecule has 2 heteroatoms. The average molecular weight is 459 g/mol. The second-order valence-electron chi connectivity index (χ2n) is 8.69. The van der Waals surface area contributed by atoms with Crippen LogP contribution < -0.4 is 0 Å². The maximum absolute atomic E-state index is 5.78. The van der Waals surface area contributed by atoms with Crippen LogP contribution in [-0.4, -0.2) is 0 Å². The summed E-state index contributed by atoms with van der Waals surface area (Å²) in [5.74, 6) is 13.7. The van der Waals surface area contributed by atoms with E-state index in [0.717, 1.165) is 65.7 Å². The molecule has 2 nitrogen and oxygen atoms in total. The Morgan fingerprint density at radius 3 is 1.28 bits per heavy atom. The van der Waals surface area contributed by atoms with Gasteiger partial charge in [0.2, 0.25) is 0 Å². The molecule has 0 radical (unpaired) electrons. The summed E-state index contributed by atoms with van der Waals surface area (Å²) >= 11 is 0. The van der Waals surface area contributed by atoms with E-state index in [-0.39, 0.29) is 0 Å². The standard InChI is InChI=1S/C34H18O2/c1-3-7-23(8-4-1)11-13-27-29-19-25-15-17-36-34(25)22-32(29)28(14-12-24-9-5-2-6-10-24)30-20-26-16-18-35-33(26)21-31(27)30/h1-10,15-22H. The predicted molar refractivity (Wildman–Crippen MR) is 146 cm³/mol. The van der Waals surface area contributed by atoms with Gasteiger partial charge in [-0.1, -0.05) is 60.1 Å². The molecule has 0 aliphatic rings. The summed E-state index contributed by atoms with van der Waals surface area (Å²) in [6.07, 6.45) is 3.45. The molecule has 7 rings (SSSR count). The summed E-state index contributed by atoms with van der Waals surface area (Å²) in [5, 5.41) is 6.20. The summed E-state index contributed by atoms with van der Waals surface area (Å²) in [5.41, 5.74) is 5.50. The van der Waals surface area contributed by atoms with Gasteiger partial charge in [-0.05, 0) is 60.7 Å². The van der Waals surface area contributed by atoms with Crippen molar-refractivity contribution in [2.45, 2.75) is 0 Å². The van der Waals surface area contributed by atoms with Gasteiger partial charge in [-0.15, -0.1) is 0 Å². The van der Waals surface area contributed by atoms with E-state index in [0.29, 0.717) is 0 Å². The summed E-state index contributed by atoms with van der Waals surface area (Å²) < 4.78 is 11.6. The lowest BCUT2D eigenvalue weighted by atomic mass is 9.90. The second kappa shape index (κ2) is 8.24. The van der Waals surface area contributed by atoms with Crippen LogP contribution in [0, 0.1) is 23.7 Å². The van der Waals surface area contributed by atoms with Crippen molar-refractivity contribution in [3.05, 3.63) is 132 Å². The van der Waals surface area contributed by atoms with E-state index >= 15 is 0 Å². The molecule has 0 atom stereocenters. The molecular weight excluding hydrogens is 440 g/mol. The topological polar surface area (TPSA) is 26.3 Å². The molecule has 0 spiro atoms. The van der Waals surface area contributed by atoms with Crippen molar-refractivity contribution < 1.29 is 8.83 Å². The van der Waals surface area contributed by atoms with E-state index in [9.17, 15) is 0 Å². The number of hydrogen-bond acceptors (Lipinski definition) is 2. The maximum Gasteiger partial charge on any atom is 0.134 e. The van der Waals surface area contributed by atoms with Crippen LogP contribution in [0.3, 0.4) is 0 Å². The van der Waals surface area contributed by atoms with Gasteiger partial charge in [-0.2, -0.15) is 0 Å². The zero-order valence-corrected chi connectivity index (χ0v) is 19.2. The van der Waals surface area contributed by atoms with Crippen LogP contribution in [0.4, 0.5) is 0 Å². The van der Waals surface area contributed by atoms with Crippen LogP contribution in [0.25, 0.3) is 43.5 Å². The van der Waals surface area contributed by atoms with Crippen molar-refractivity contribution in [1.29, 1.82) is 0 Å². The fourth-order valence-electron chi connectivity index (χ4n) is 4.72. The third-order valence-corrected chi connectivity index (χ3v) is 6.47. The molecule has 0 saturated heterocycles. The van der Waals surface area contributed by atoms with Gasteiger partial charge >= 0.3 is 0 Å². The number of benzene rings is 5. The molecule has 2 aromatic heterocycles. The van der Waals surface area contributed by atoms with Crippen molar-refractivity contribution in [3.63, 3.8) is 0 Å². The molecule has 7 aromatic rings. The molecule has 0 aliphatic heterocycles. The second-order valence-corrected chi connectivity index (χ2v) is 8.69. The van der Waals surface area contributed by atoms with E-state index < -0.39 is 0 Å². The highest BCUT2D eigenvalue weighted by Gasteiger charge is 2.16. The van der Waals surface area contributed by atoms with Crippen molar-refractivity contribution in [1.82, 2.24) is 0 Å². The van der Waals surface area contributed by atoms with E-state index in [4.69, 9.17) is 8.83 Å². The largest absolute Gasteiger partial charge is 0.464 e. The molecule has 0 saturated carbocycles. The lowest BCUT2D eigenvalue weighted by Gasteiger charge is -2.11. The molecule has 36 heavy (non-hydrogen) atoms. The zero-order chi connectivity index (χ0) is 23.9. The van der Waals surface area contributed by atoms with Gasteiger partial charge in [0.1, 0.15) is 11.2 Å². The first-order chi connectivity index (χ1) is 17.8. The van der Waals surface area contributed by atoms with Crippen molar-refractivity contribution in [3.8, 4) is 23.7 Å². The Hall–Kier alpha value is -5.18. The van der Waals surface area contributed by atoms with Crippen LogP contribution in [0.5, 0.6) is 0 Å². The van der Waals surface area contributed by atoms with E-state index in [2.05, 4.69) is 47.9 Å². The van der Waals surface area contributed by atoms with Crippen LogP contribution in [-0.2, 0) is 0 Å². The average Bonchev–Trinajstić information content (AvgIpc) is 3.58. The molecule has 0 aliphatic carbocycles. The first-order valence-electron chi connectivity index (χ1n) is 11.8. The molecule has 2 heterocycles. The molecule has 0 amide bonds. The molecule has 0 N–H and O–H groups in total. The zero-order valence-electron chi connectivity index (χ0n) is 19.2. The Morgan fingerprint density at radius 2 is 0.833 bits per heavy atom. The fraction of sp³-hybridized carbons (Fsp3) is 0. The van der Waals surface area contributed by atoms with Gasteiger partial charge in [0, 0.05) is 54.6 Å². The Balaban J connectivity index is 1.63. The monoisotopic (exact) mass is 458 g/mol. The number of rotatable bonds is 0.